The average molecular weight is 275 g/mol. The molecule has 2 rings (SSSR count). The van der Waals surface area contributed by atoms with Gasteiger partial charge in [0.2, 0.25) is 0 Å². The molecule has 0 radical (unpaired) electrons. The monoisotopic (exact) mass is 274 g/mol. The first-order valence-electron chi connectivity index (χ1n) is 4.84. The van der Waals surface area contributed by atoms with Crippen LogP contribution in [0.1, 0.15) is 24.5 Å². The Morgan fingerprint density at radius 3 is 2.73 bits per heavy atom. The van der Waals surface area contributed by atoms with E-state index in [2.05, 4.69) is 15.9 Å². The van der Waals surface area contributed by atoms with Gasteiger partial charge in [0.1, 0.15) is 11.6 Å². The predicted molar refractivity (Wildman–Crippen MR) is 58.3 cm³/mol. The van der Waals surface area contributed by atoms with Gasteiger partial charge in [0, 0.05) is 11.6 Å². The first-order valence-corrected chi connectivity index (χ1v) is 5.63. The van der Waals surface area contributed by atoms with Crippen LogP contribution in [0.15, 0.2) is 16.6 Å². The fourth-order valence-electron chi connectivity index (χ4n) is 1.62. The molecule has 2 nitrogen and oxygen atoms in total. The second kappa shape index (κ2) is 4.10. The standard InChI is InChI=1S/C11H12BrFO2/c1-15-10-5-9(13)8(12)4-7(10)11(14)6-2-3-6/h4-6,11,14H,2-3H2,1H3. The highest BCUT2D eigenvalue weighted by atomic mass is 79.9. The van der Waals surface area contributed by atoms with Gasteiger partial charge >= 0.3 is 0 Å². The van der Waals surface area contributed by atoms with Crippen LogP contribution >= 0.6 is 15.9 Å². The van der Waals surface area contributed by atoms with Gasteiger partial charge < -0.3 is 9.84 Å². The number of aliphatic hydroxyl groups excluding tert-OH is 1. The van der Waals surface area contributed by atoms with E-state index in [4.69, 9.17) is 4.74 Å². The number of halogens is 2. The van der Waals surface area contributed by atoms with E-state index in [1.54, 1.807) is 6.07 Å². The number of aliphatic hydroxyl groups is 1. The van der Waals surface area contributed by atoms with E-state index >= 15 is 0 Å². The van der Waals surface area contributed by atoms with E-state index < -0.39 is 6.10 Å². The smallest absolute Gasteiger partial charge is 0.141 e. The van der Waals surface area contributed by atoms with Crippen LogP contribution in [-0.2, 0) is 0 Å². The molecule has 1 saturated carbocycles. The second-order valence-electron chi connectivity index (χ2n) is 3.79. The van der Waals surface area contributed by atoms with Gasteiger partial charge in [0.15, 0.2) is 0 Å². The number of ether oxygens (including phenoxy) is 1. The number of methoxy groups -OCH3 is 1. The van der Waals surface area contributed by atoms with E-state index in [9.17, 15) is 9.50 Å². The summed E-state index contributed by atoms with van der Waals surface area (Å²) in [6.45, 7) is 0. The third-order valence-corrected chi connectivity index (χ3v) is 3.27. The summed E-state index contributed by atoms with van der Waals surface area (Å²) < 4.78 is 18.6. The topological polar surface area (TPSA) is 29.5 Å². The molecule has 0 bridgehead atoms. The van der Waals surface area contributed by atoms with Crippen LogP contribution in [0.25, 0.3) is 0 Å². The number of rotatable bonds is 3. The normalized spacial score (nSPS) is 17.6. The Morgan fingerprint density at radius 2 is 2.20 bits per heavy atom. The van der Waals surface area contributed by atoms with E-state index in [-0.39, 0.29) is 5.82 Å². The molecule has 1 aliphatic rings. The molecule has 0 aliphatic heterocycles. The molecule has 4 heteroatoms. The van der Waals surface area contributed by atoms with Crippen LogP contribution in [0.2, 0.25) is 0 Å². The molecule has 1 atom stereocenters. The fourth-order valence-corrected chi connectivity index (χ4v) is 1.98. The van der Waals surface area contributed by atoms with Crippen LogP contribution in [0, 0.1) is 11.7 Å². The van der Waals surface area contributed by atoms with Crippen molar-refractivity contribution >= 4 is 15.9 Å². The van der Waals surface area contributed by atoms with Crippen LogP contribution < -0.4 is 4.74 Å². The Bertz CT molecular complexity index is 377. The van der Waals surface area contributed by atoms with Gasteiger partial charge in [-0.05, 0) is 40.8 Å². The van der Waals surface area contributed by atoms with Crippen molar-refractivity contribution in [2.75, 3.05) is 7.11 Å². The van der Waals surface area contributed by atoms with Crippen molar-refractivity contribution in [2.24, 2.45) is 5.92 Å². The summed E-state index contributed by atoms with van der Waals surface area (Å²) in [5, 5.41) is 9.96. The SMILES string of the molecule is COc1cc(F)c(Br)cc1C(O)C1CC1. The minimum atomic E-state index is -0.545. The van der Waals surface area contributed by atoms with Crippen molar-refractivity contribution in [3.63, 3.8) is 0 Å². The maximum atomic E-state index is 13.2. The van der Waals surface area contributed by atoms with Gasteiger partial charge in [-0.15, -0.1) is 0 Å². The molecule has 1 fully saturated rings. The lowest BCUT2D eigenvalue weighted by Crippen LogP contribution is -2.03. The summed E-state index contributed by atoms with van der Waals surface area (Å²) >= 11 is 3.11. The zero-order chi connectivity index (χ0) is 11.0. The van der Waals surface area contributed by atoms with E-state index in [1.165, 1.54) is 13.2 Å². The van der Waals surface area contributed by atoms with Gasteiger partial charge in [0.05, 0.1) is 17.7 Å². The predicted octanol–water partition coefficient (Wildman–Crippen LogP) is 3.04. The average Bonchev–Trinajstić information content (AvgIpc) is 3.04. The van der Waals surface area contributed by atoms with Crippen molar-refractivity contribution in [3.05, 3.63) is 28.0 Å². The highest BCUT2D eigenvalue weighted by Crippen LogP contribution is 2.44. The first kappa shape index (κ1) is 10.9. The molecule has 1 aromatic rings. The summed E-state index contributed by atoms with van der Waals surface area (Å²) in [4.78, 5) is 0. The maximum absolute atomic E-state index is 13.2. The molecule has 1 aliphatic carbocycles. The molecular formula is C11H12BrFO2. The van der Waals surface area contributed by atoms with Crippen LogP contribution in [0.3, 0.4) is 0 Å². The van der Waals surface area contributed by atoms with Crippen LogP contribution in [-0.4, -0.2) is 12.2 Å². The molecule has 0 spiro atoms. The van der Waals surface area contributed by atoms with Crippen molar-refractivity contribution in [2.45, 2.75) is 18.9 Å². The zero-order valence-electron chi connectivity index (χ0n) is 8.34. The summed E-state index contributed by atoms with van der Waals surface area (Å²) in [5.41, 5.74) is 0.660. The van der Waals surface area contributed by atoms with Gasteiger partial charge in [0.25, 0.3) is 0 Å². The molecule has 0 aromatic heterocycles. The third kappa shape index (κ3) is 2.16. The molecule has 1 aromatic carbocycles. The molecular weight excluding hydrogens is 263 g/mol. The summed E-state index contributed by atoms with van der Waals surface area (Å²) in [5.74, 6) is 0.338. The molecule has 0 saturated heterocycles. The molecule has 1 N–H and O–H groups in total. The van der Waals surface area contributed by atoms with Crippen molar-refractivity contribution < 1.29 is 14.2 Å². The molecule has 0 amide bonds. The van der Waals surface area contributed by atoms with Crippen LogP contribution in [0.5, 0.6) is 5.75 Å². The number of benzene rings is 1. The Kier molecular flexibility index (Phi) is 2.98. The largest absolute Gasteiger partial charge is 0.496 e. The van der Waals surface area contributed by atoms with Gasteiger partial charge in [-0.1, -0.05) is 0 Å². The Balaban J connectivity index is 2.39. The molecule has 0 heterocycles. The van der Waals surface area contributed by atoms with E-state index in [0.29, 0.717) is 21.7 Å². The maximum Gasteiger partial charge on any atom is 0.141 e. The third-order valence-electron chi connectivity index (χ3n) is 2.66. The number of hydrogen-bond donors (Lipinski definition) is 1. The van der Waals surface area contributed by atoms with Crippen molar-refractivity contribution in [1.82, 2.24) is 0 Å². The van der Waals surface area contributed by atoms with Gasteiger partial charge in [-0.25, -0.2) is 4.39 Å². The van der Waals surface area contributed by atoms with Gasteiger partial charge in [-0.2, -0.15) is 0 Å². The minimum absolute atomic E-state index is 0.302. The quantitative estimate of drug-likeness (QED) is 0.918. The van der Waals surface area contributed by atoms with E-state index in [1.807, 2.05) is 0 Å². The molecule has 82 valence electrons. The Hall–Kier alpha value is -0.610. The van der Waals surface area contributed by atoms with E-state index in [0.717, 1.165) is 12.8 Å². The fraction of sp³-hybridized carbons (Fsp3) is 0.455. The lowest BCUT2D eigenvalue weighted by atomic mass is 10.0. The lowest BCUT2D eigenvalue weighted by molar-refractivity contribution is 0.149. The lowest BCUT2D eigenvalue weighted by Gasteiger charge is -2.14. The summed E-state index contributed by atoms with van der Waals surface area (Å²) in [7, 11) is 1.48. The summed E-state index contributed by atoms with van der Waals surface area (Å²) in [6, 6.07) is 2.89. The van der Waals surface area contributed by atoms with Gasteiger partial charge in [-0.3, -0.25) is 0 Å². The van der Waals surface area contributed by atoms with Crippen molar-refractivity contribution in [1.29, 1.82) is 0 Å². The van der Waals surface area contributed by atoms with Crippen LogP contribution in [0.4, 0.5) is 4.39 Å². The Labute approximate surface area is 96.2 Å². The minimum Gasteiger partial charge on any atom is -0.496 e. The molecule has 15 heavy (non-hydrogen) atoms. The Morgan fingerprint density at radius 1 is 1.53 bits per heavy atom. The number of hydrogen-bond acceptors (Lipinski definition) is 2. The molecule has 1 unspecified atom stereocenters. The van der Waals surface area contributed by atoms with Crippen molar-refractivity contribution in [3.8, 4) is 5.75 Å². The summed E-state index contributed by atoms with van der Waals surface area (Å²) in [6.07, 6.45) is 1.51. The highest BCUT2D eigenvalue weighted by Gasteiger charge is 2.32. The second-order valence-corrected chi connectivity index (χ2v) is 4.64. The highest BCUT2D eigenvalue weighted by molar-refractivity contribution is 9.10. The zero-order valence-corrected chi connectivity index (χ0v) is 9.92. The first-order chi connectivity index (χ1) is 7.13.